The molecule has 0 N–H and O–H groups in total. The first-order valence-corrected chi connectivity index (χ1v) is 6.65. The average Bonchev–Trinajstić information content (AvgIpc) is 2.50. The largest absolute Gasteiger partial charge is 0.297 e. The Morgan fingerprint density at radius 1 is 0.947 bits per heavy atom. The third kappa shape index (κ3) is 3.12. The summed E-state index contributed by atoms with van der Waals surface area (Å²) in [6.45, 7) is 3.05. The van der Waals surface area contributed by atoms with E-state index in [0.29, 0.717) is 5.92 Å². The second-order valence-corrected chi connectivity index (χ2v) is 4.88. The van der Waals surface area contributed by atoms with Gasteiger partial charge in [0.25, 0.3) is 0 Å². The molecule has 0 unspecified atom stereocenters. The van der Waals surface area contributed by atoms with E-state index >= 15 is 0 Å². The monoisotopic (exact) mass is 255 g/mol. The van der Waals surface area contributed by atoms with Gasteiger partial charge in [0.05, 0.1) is 11.4 Å². The van der Waals surface area contributed by atoms with Gasteiger partial charge in [0.2, 0.25) is 0 Å². The van der Waals surface area contributed by atoms with Crippen LogP contribution in [0.5, 0.6) is 0 Å². The number of piperidine rings is 1. The van der Waals surface area contributed by atoms with Crippen LogP contribution in [-0.4, -0.2) is 37.9 Å². The van der Waals surface area contributed by atoms with Crippen molar-refractivity contribution in [1.29, 1.82) is 0 Å². The summed E-state index contributed by atoms with van der Waals surface area (Å²) in [5.41, 5.74) is 2.17. The highest BCUT2D eigenvalue weighted by molar-refractivity contribution is 5.05. The van der Waals surface area contributed by atoms with Crippen molar-refractivity contribution < 1.29 is 0 Å². The lowest BCUT2D eigenvalue weighted by molar-refractivity contribution is 0.201. The summed E-state index contributed by atoms with van der Waals surface area (Å²) in [6.07, 6.45) is 13.0. The fourth-order valence-corrected chi connectivity index (χ4v) is 2.55. The maximum absolute atomic E-state index is 4.41. The van der Waals surface area contributed by atoms with Crippen molar-refractivity contribution in [3.8, 4) is 0 Å². The van der Waals surface area contributed by atoms with Crippen LogP contribution < -0.4 is 0 Å². The summed E-state index contributed by atoms with van der Waals surface area (Å²) >= 11 is 0. The lowest BCUT2D eigenvalue weighted by Crippen LogP contribution is -2.33. The number of hydrogen-bond donors (Lipinski definition) is 0. The number of rotatable bonds is 3. The summed E-state index contributed by atoms with van der Waals surface area (Å²) in [4.78, 5) is 19.4. The second kappa shape index (κ2) is 5.84. The Labute approximate surface area is 112 Å². The predicted octanol–water partition coefficient (Wildman–Crippen LogP) is 1.65. The van der Waals surface area contributed by atoms with E-state index in [2.05, 4.69) is 24.8 Å². The van der Waals surface area contributed by atoms with Gasteiger partial charge in [0, 0.05) is 49.6 Å². The minimum atomic E-state index is 0.548. The van der Waals surface area contributed by atoms with E-state index < -0.39 is 0 Å². The molecule has 98 valence electrons. The first-order valence-electron chi connectivity index (χ1n) is 6.65. The Bertz CT molecular complexity index is 494. The van der Waals surface area contributed by atoms with Crippen molar-refractivity contribution >= 4 is 0 Å². The lowest BCUT2D eigenvalue weighted by atomic mass is 9.94. The quantitative estimate of drug-likeness (QED) is 0.834. The smallest absolute Gasteiger partial charge is 0.0726 e. The molecule has 5 heteroatoms. The number of hydrogen-bond acceptors (Lipinski definition) is 5. The molecule has 1 fully saturated rings. The standard InChI is InChI=1S/C14H17N5/c1-7-19(11-13-9-15-3-5-17-13)8-2-12(1)14-10-16-4-6-18-14/h3-6,9-10,12H,1-2,7-8,11H2. The maximum Gasteiger partial charge on any atom is 0.0726 e. The molecule has 3 rings (SSSR count). The van der Waals surface area contributed by atoms with E-state index in [1.165, 1.54) is 0 Å². The SMILES string of the molecule is c1cnc(CN2CCC(c3cnccn3)CC2)cn1. The van der Waals surface area contributed by atoms with Gasteiger partial charge in [-0.3, -0.25) is 24.8 Å². The molecule has 0 radical (unpaired) electrons. The topological polar surface area (TPSA) is 54.8 Å². The molecule has 0 spiro atoms. The van der Waals surface area contributed by atoms with Crippen molar-refractivity contribution in [2.45, 2.75) is 25.3 Å². The molecule has 2 aromatic heterocycles. The van der Waals surface area contributed by atoms with Crippen LogP contribution >= 0.6 is 0 Å². The zero-order valence-corrected chi connectivity index (χ0v) is 10.8. The summed E-state index contributed by atoms with van der Waals surface area (Å²) in [5, 5.41) is 0. The normalized spacial score (nSPS) is 17.5. The highest BCUT2D eigenvalue weighted by Crippen LogP contribution is 2.26. The Morgan fingerprint density at radius 2 is 1.68 bits per heavy atom. The molecule has 0 bridgehead atoms. The fraction of sp³-hybridized carbons (Fsp3) is 0.429. The molecule has 2 aromatic rings. The molecule has 0 saturated carbocycles. The first kappa shape index (κ1) is 12.2. The van der Waals surface area contributed by atoms with Crippen LogP contribution in [0.15, 0.2) is 37.2 Å². The van der Waals surface area contributed by atoms with Crippen molar-refractivity contribution in [2.75, 3.05) is 13.1 Å². The van der Waals surface area contributed by atoms with E-state index in [0.717, 1.165) is 43.9 Å². The fourth-order valence-electron chi connectivity index (χ4n) is 2.55. The molecular formula is C14H17N5. The minimum absolute atomic E-state index is 0.548. The van der Waals surface area contributed by atoms with Crippen molar-refractivity contribution in [1.82, 2.24) is 24.8 Å². The van der Waals surface area contributed by atoms with Crippen molar-refractivity contribution in [3.63, 3.8) is 0 Å². The number of aromatic nitrogens is 4. The highest BCUT2D eigenvalue weighted by Gasteiger charge is 2.21. The van der Waals surface area contributed by atoms with Crippen molar-refractivity contribution in [2.24, 2.45) is 0 Å². The van der Waals surface area contributed by atoms with Gasteiger partial charge in [-0.1, -0.05) is 0 Å². The van der Waals surface area contributed by atoms with Gasteiger partial charge in [-0.15, -0.1) is 0 Å². The third-order valence-corrected chi connectivity index (χ3v) is 3.59. The Hall–Kier alpha value is -1.88. The second-order valence-electron chi connectivity index (χ2n) is 4.88. The number of nitrogens with zero attached hydrogens (tertiary/aromatic N) is 5. The summed E-state index contributed by atoms with van der Waals surface area (Å²) in [5.74, 6) is 0.548. The molecule has 0 aromatic carbocycles. The first-order chi connectivity index (χ1) is 9.42. The van der Waals surface area contributed by atoms with Gasteiger partial charge < -0.3 is 0 Å². The average molecular weight is 255 g/mol. The highest BCUT2D eigenvalue weighted by atomic mass is 15.1. The summed E-state index contributed by atoms with van der Waals surface area (Å²) < 4.78 is 0. The summed E-state index contributed by atoms with van der Waals surface area (Å²) in [6, 6.07) is 0. The van der Waals surface area contributed by atoms with Gasteiger partial charge >= 0.3 is 0 Å². The van der Waals surface area contributed by atoms with E-state index in [1.807, 2.05) is 12.4 Å². The molecule has 0 aliphatic carbocycles. The van der Waals surface area contributed by atoms with E-state index in [4.69, 9.17) is 0 Å². The molecular weight excluding hydrogens is 238 g/mol. The van der Waals surface area contributed by atoms with Crippen LogP contribution in [0.25, 0.3) is 0 Å². The molecule has 1 saturated heterocycles. The van der Waals surface area contributed by atoms with Gasteiger partial charge in [-0.25, -0.2) is 0 Å². The van der Waals surface area contributed by atoms with Gasteiger partial charge in [-0.05, 0) is 25.9 Å². The third-order valence-electron chi connectivity index (χ3n) is 3.59. The summed E-state index contributed by atoms with van der Waals surface area (Å²) in [7, 11) is 0. The van der Waals surface area contributed by atoms with Gasteiger partial charge in [0.1, 0.15) is 0 Å². The molecule has 0 amide bonds. The molecule has 19 heavy (non-hydrogen) atoms. The Kier molecular flexibility index (Phi) is 3.74. The van der Waals surface area contributed by atoms with Crippen LogP contribution in [0.3, 0.4) is 0 Å². The zero-order chi connectivity index (χ0) is 12.9. The molecule has 3 heterocycles. The van der Waals surface area contributed by atoms with E-state index in [-0.39, 0.29) is 0 Å². The van der Waals surface area contributed by atoms with Gasteiger partial charge in [-0.2, -0.15) is 0 Å². The lowest BCUT2D eigenvalue weighted by Gasteiger charge is -2.31. The minimum Gasteiger partial charge on any atom is -0.297 e. The van der Waals surface area contributed by atoms with E-state index in [9.17, 15) is 0 Å². The maximum atomic E-state index is 4.41. The van der Waals surface area contributed by atoms with Gasteiger partial charge in [0.15, 0.2) is 0 Å². The van der Waals surface area contributed by atoms with Crippen LogP contribution in [0.1, 0.15) is 30.1 Å². The molecule has 1 aliphatic heterocycles. The Balaban J connectivity index is 1.55. The van der Waals surface area contributed by atoms with E-state index in [1.54, 1.807) is 24.8 Å². The Morgan fingerprint density at radius 3 is 2.32 bits per heavy atom. The van der Waals surface area contributed by atoms with Crippen molar-refractivity contribution in [3.05, 3.63) is 48.6 Å². The van der Waals surface area contributed by atoms with Crippen LogP contribution in [-0.2, 0) is 6.54 Å². The molecule has 0 atom stereocenters. The van der Waals surface area contributed by atoms with Crippen LogP contribution in [0, 0.1) is 0 Å². The number of likely N-dealkylation sites (tertiary alicyclic amines) is 1. The predicted molar refractivity (Wildman–Crippen MR) is 71.3 cm³/mol. The van der Waals surface area contributed by atoms with Crippen LogP contribution in [0.4, 0.5) is 0 Å². The van der Waals surface area contributed by atoms with Crippen LogP contribution in [0.2, 0.25) is 0 Å². The molecule has 1 aliphatic rings. The molecule has 5 nitrogen and oxygen atoms in total. The zero-order valence-electron chi connectivity index (χ0n) is 10.8.